The molecule has 0 bridgehead atoms. The normalized spacial score (nSPS) is 34.2. The fourth-order valence-electron chi connectivity index (χ4n) is 4.88. The second kappa shape index (κ2) is 5.71. The third-order valence-electron chi connectivity index (χ3n) is 6.00. The summed E-state index contributed by atoms with van der Waals surface area (Å²) >= 11 is 3.63. The molecule has 24 heavy (non-hydrogen) atoms. The molecule has 1 aromatic carbocycles. The molecule has 1 spiro atoms. The van der Waals surface area contributed by atoms with Crippen LogP contribution in [0.3, 0.4) is 0 Å². The van der Waals surface area contributed by atoms with Crippen LogP contribution in [-0.4, -0.2) is 36.8 Å². The van der Waals surface area contributed by atoms with Crippen molar-refractivity contribution in [1.82, 2.24) is 5.32 Å². The SMILES string of the molecule is COc1cc2c3c(c1Br)O[C@@H]1CC(=O)C[C@@H](C)[C@]31C[C@@H](CO)NC2. The highest BCUT2D eigenvalue weighted by Gasteiger charge is 2.58. The molecular formula is C18H22BrNO4. The predicted octanol–water partition coefficient (Wildman–Crippen LogP) is 2.31. The van der Waals surface area contributed by atoms with E-state index in [4.69, 9.17) is 9.47 Å². The minimum atomic E-state index is -0.232. The second-order valence-corrected chi connectivity index (χ2v) is 8.01. The number of hydrogen-bond donors (Lipinski definition) is 2. The molecule has 0 radical (unpaired) electrons. The summed E-state index contributed by atoms with van der Waals surface area (Å²) in [7, 11) is 1.64. The number of aliphatic hydroxyl groups excluding tert-OH is 1. The number of carbonyl (C=O) groups is 1. The van der Waals surface area contributed by atoms with Crippen LogP contribution in [-0.2, 0) is 16.8 Å². The molecule has 1 fully saturated rings. The fraction of sp³-hybridized carbons (Fsp3) is 0.611. The molecule has 2 aliphatic heterocycles. The van der Waals surface area contributed by atoms with E-state index >= 15 is 0 Å². The molecule has 5 nitrogen and oxygen atoms in total. The summed E-state index contributed by atoms with van der Waals surface area (Å²) in [5, 5.41) is 13.2. The van der Waals surface area contributed by atoms with Crippen molar-refractivity contribution in [2.24, 2.45) is 5.92 Å². The lowest BCUT2D eigenvalue weighted by atomic mass is 9.59. The van der Waals surface area contributed by atoms with E-state index in [2.05, 4.69) is 28.2 Å². The van der Waals surface area contributed by atoms with Gasteiger partial charge in [0.1, 0.15) is 27.9 Å². The van der Waals surface area contributed by atoms with E-state index in [9.17, 15) is 9.90 Å². The van der Waals surface area contributed by atoms with Crippen LogP contribution in [0, 0.1) is 5.92 Å². The van der Waals surface area contributed by atoms with Crippen molar-refractivity contribution in [3.8, 4) is 11.5 Å². The molecule has 1 aromatic rings. The van der Waals surface area contributed by atoms with Gasteiger partial charge in [0.05, 0.1) is 13.7 Å². The van der Waals surface area contributed by atoms with Gasteiger partial charge in [-0.3, -0.25) is 4.79 Å². The molecule has 4 atom stereocenters. The first-order valence-corrected chi connectivity index (χ1v) is 9.23. The van der Waals surface area contributed by atoms with Gasteiger partial charge in [0.2, 0.25) is 0 Å². The van der Waals surface area contributed by atoms with E-state index in [1.807, 2.05) is 6.07 Å². The van der Waals surface area contributed by atoms with Gasteiger partial charge >= 0.3 is 0 Å². The van der Waals surface area contributed by atoms with Gasteiger partial charge in [0.25, 0.3) is 0 Å². The molecule has 130 valence electrons. The largest absolute Gasteiger partial charge is 0.495 e. The minimum Gasteiger partial charge on any atom is -0.495 e. The number of ketones is 1. The van der Waals surface area contributed by atoms with Crippen LogP contribution in [0.5, 0.6) is 11.5 Å². The number of carbonyl (C=O) groups excluding carboxylic acids is 1. The van der Waals surface area contributed by atoms with Gasteiger partial charge in [0.15, 0.2) is 0 Å². The molecular weight excluding hydrogens is 374 g/mol. The summed E-state index contributed by atoms with van der Waals surface area (Å²) in [6.07, 6.45) is 1.62. The maximum Gasteiger partial charge on any atom is 0.141 e. The Morgan fingerprint density at radius 2 is 2.29 bits per heavy atom. The number of Topliss-reactive ketones (excluding diaryl/α,β-unsaturated/α-hetero) is 1. The molecule has 0 saturated heterocycles. The summed E-state index contributed by atoms with van der Waals surface area (Å²) < 4.78 is 12.6. The number of ether oxygens (including phenoxy) is 2. The van der Waals surface area contributed by atoms with E-state index < -0.39 is 0 Å². The van der Waals surface area contributed by atoms with Crippen LogP contribution in [0.25, 0.3) is 0 Å². The number of hydrogen-bond acceptors (Lipinski definition) is 5. The van der Waals surface area contributed by atoms with Crippen molar-refractivity contribution in [2.75, 3.05) is 13.7 Å². The summed E-state index contributed by atoms with van der Waals surface area (Å²) in [5.41, 5.74) is 2.11. The van der Waals surface area contributed by atoms with Gasteiger partial charge in [-0.2, -0.15) is 0 Å². The van der Waals surface area contributed by atoms with Gasteiger partial charge in [-0.25, -0.2) is 0 Å². The number of nitrogens with one attached hydrogen (secondary N) is 1. The Kier molecular flexibility index (Phi) is 3.90. The lowest BCUT2D eigenvalue weighted by Gasteiger charge is -2.44. The van der Waals surface area contributed by atoms with Crippen LogP contribution in [0.2, 0.25) is 0 Å². The van der Waals surface area contributed by atoms with Gasteiger partial charge in [-0.05, 0) is 39.9 Å². The molecule has 0 aromatic heterocycles. The Labute approximate surface area is 149 Å². The minimum absolute atomic E-state index is 0.00475. The third kappa shape index (κ3) is 2.09. The van der Waals surface area contributed by atoms with Crippen LogP contribution in [0.15, 0.2) is 10.5 Å². The van der Waals surface area contributed by atoms with Gasteiger partial charge < -0.3 is 19.9 Å². The number of rotatable bonds is 2. The van der Waals surface area contributed by atoms with Crippen molar-refractivity contribution in [1.29, 1.82) is 0 Å². The molecule has 1 saturated carbocycles. The molecule has 0 amide bonds. The highest BCUT2D eigenvalue weighted by Crippen LogP contribution is 2.59. The Hall–Kier alpha value is -1.11. The summed E-state index contributed by atoms with van der Waals surface area (Å²) in [6.45, 7) is 2.89. The highest BCUT2D eigenvalue weighted by molar-refractivity contribution is 9.10. The monoisotopic (exact) mass is 395 g/mol. The van der Waals surface area contributed by atoms with Gasteiger partial charge in [0, 0.05) is 36.4 Å². The standard InChI is InChI=1S/C18H22BrNO4/c1-9-3-12(22)5-14-18(9)6-11(8-21)20-7-10-4-13(23-2)16(19)17(24-14)15(10)18/h4,9,11,14,20-21H,3,5-8H2,1-2H3/t9-,11+,14-,18+/m1/s1. The molecule has 0 unspecified atom stereocenters. The second-order valence-electron chi connectivity index (χ2n) is 7.22. The zero-order valence-electron chi connectivity index (χ0n) is 13.9. The maximum absolute atomic E-state index is 12.2. The first-order chi connectivity index (χ1) is 11.5. The zero-order chi connectivity index (χ0) is 17.1. The van der Waals surface area contributed by atoms with Crippen molar-refractivity contribution in [3.05, 3.63) is 21.7 Å². The Bertz CT molecular complexity index is 707. The maximum atomic E-state index is 12.2. The Morgan fingerprint density at radius 1 is 1.50 bits per heavy atom. The number of halogens is 1. The highest BCUT2D eigenvalue weighted by atomic mass is 79.9. The molecule has 1 aliphatic carbocycles. The van der Waals surface area contributed by atoms with Crippen LogP contribution >= 0.6 is 15.9 Å². The molecule has 2 N–H and O–H groups in total. The number of aliphatic hydroxyl groups is 1. The topological polar surface area (TPSA) is 67.8 Å². The lowest BCUT2D eigenvalue weighted by molar-refractivity contribution is -0.127. The lowest BCUT2D eigenvalue weighted by Crippen LogP contribution is -2.52. The summed E-state index contributed by atoms with van der Waals surface area (Å²) in [6, 6.07) is 2.04. The predicted molar refractivity (Wildman–Crippen MR) is 92.5 cm³/mol. The number of benzene rings is 1. The van der Waals surface area contributed by atoms with Gasteiger partial charge in [-0.15, -0.1) is 0 Å². The quantitative estimate of drug-likeness (QED) is 0.803. The van der Waals surface area contributed by atoms with Crippen molar-refractivity contribution in [3.63, 3.8) is 0 Å². The third-order valence-corrected chi connectivity index (χ3v) is 6.75. The Morgan fingerprint density at radius 3 is 3.00 bits per heavy atom. The smallest absolute Gasteiger partial charge is 0.141 e. The van der Waals surface area contributed by atoms with Crippen LogP contribution in [0.4, 0.5) is 0 Å². The fourth-order valence-corrected chi connectivity index (χ4v) is 5.45. The number of methoxy groups -OCH3 is 1. The van der Waals surface area contributed by atoms with E-state index in [0.717, 1.165) is 28.0 Å². The van der Waals surface area contributed by atoms with Crippen LogP contribution < -0.4 is 14.8 Å². The van der Waals surface area contributed by atoms with Gasteiger partial charge in [-0.1, -0.05) is 6.92 Å². The first kappa shape index (κ1) is 16.4. The van der Waals surface area contributed by atoms with E-state index in [1.165, 1.54) is 5.56 Å². The summed E-state index contributed by atoms with van der Waals surface area (Å²) in [5.74, 6) is 1.99. The van der Waals surface area contributed by atoms with E-state index in [-0.39, 0.29) is 35.9 Å². The van der Waals surface area contributed by atoms with E-state index in [1.54, 1.807) is 7.11 Å². The first-order valence-electron chi connectivity index (χ1n) is 8.43. The summed E-state index contributed by atoms with van der Waals surface area (Å²) in [4.78, 5) is 12.2. The zero-order valence-corrected chi connectivity index (χ0v) is 15.5. The molecule has 6 heteroatoms. The average Bonchev–Trinajstić information content (AvgIpc) is 2.79. The van der Waals surface area contributed by atoms with Crippen molar-refractivity contribution >= 4 is 21.7 Å². The van der Waals surface area contributed by atoms with Crippen molar-refractivity contribution < 1.29 is 19.4 Å². The average molecular weight is 396 g/mol. The van der Waals surface area contributed by atoms with E-state index in [0.29, 0.717) is 19.4 Å². The molecule has 2 heterocycles. The molecule has 3 aliphatic rings. The van der Waals surface area contributed by atoms with Crippen molar-refractivity contribution in [2.45, 2.75) is 50.3 Å². The molecule has 4 rings (SSSR count). The Balaban J connectivity index is 1.96. The van der Waals surface area contributed by atoms with Crippen LogP contribution in [0.1, 0.15) is 37.3 Å².